The Balaban J connectivity index is 1.95. The van der Waals surface area contributed by atoms with Gasteiger partial charge in [0, 0.05) is 6.54 Å². The molecule has 6 heteroatoms. The van der Waals surface area contributed by atoms with Crippen LogP contribution in [0.1, 0.15) is 30.4 Å². The van der Waals surface area contributed by atoms with Crippen LogP contribution in [0.5, 0.6) is 5.75 Å². The molecule has 21 heavy (non-hydrogen) atoms. The summed E-state index contributed by atoms with van der Waals surface area (Å²) in [5, 5.41) is 8.95. The number of likely N-dealkylation sites (tertiary alicyclic amines) is 1. The van der Waals surface area contributed by atoms with Crippen molar-refractivity contribution in [2.24, 2.45) is 0 Å². The topological polar surface area (TPSA) is 36.3 Å². The SMILES string of the molecule is N#Cc1cc(C(F)(F)F)ccc1OCCN1CCCCC1. The molecule has 1 aliphatic rings. The second-order valence-corrected chi connectivity index (χ2v) is 5.07. The van der Waals surface area contributed by atoms with E-state index in [2.05, 4.69) is 4.90 Å². The summed E-state index contributed by atoms with van der Waals surface area (Å²) in [6.45, 7) is 3.16. The summed E-state index contributed by atoms with van der Waals surface area (Å²) in [5.41, 5.74) is -0.911. The van der Waals surface area contributed by atoms with Crippen molar-refractivity contribution in [1.29, 1.82) is 5.26 Å². The molecule has 1 saturated heterocycles. The number of ether oxygens (including phenoxy) is 1. The molecule has 114 valence electrons. The molecule has 0 aliphatic carbocycles. The summed E-state index contributed by atoms with van der Waals surface area (Å²) in [7, 11) is 0. The number of rotatable bonds is 4. The van der Waals surface area contributed by atoms with Crippen molar-refractivity contribution in [2.45, 2.75) is 25.4 Å². The van der Waals surface area contributed by atoms with Gasteiger partial charge in [-0.05, 0) is 44.1 Å². The number of alkyl halides is 3. The van der Waals surface area contributed by atoms with Gasteiger partial charge in [0.15, 0.2) is 0 Å². The number of nitriles is 1. The van der Waals surface area contributed by atoms with Gasteiger partial charge in [-0.15, -0.1) is 0 Å². The number of hydrogen-bond acceptors (Lipinski definition) is 3. The van der Waals surface area contributed by atoms with Crippen molar-refractivity contribution in [1.82, 2.24) is 4.90 Å². The third kappa shape index (κ3) is 4.36. The Kier molecular flexibility index (Phi) is 5.07. The van der Waals surface area contributed by atoms with E-state index in [1.807, 2.05) is 0 Å². The molecule has 0 aromatic heterocycles. The number of piperidine rings is 1. The number of benzene rings is 1. The lowest BCUT2D eigenvalue weighted by molar-refractivity contribution is -0.137. The van der Waals surface area contributed by atoms with Gasteiger partial charge in [0.25, 0.3) is 0 Å². The summed E-state index contributed by atoms with van der Waals surface area (Å²) in [4.78, 5) is 2.26. The molecule has 0 unspecified atom stereocenters. The zero-order valence-corrected chi connectivity index (χ0v) is 11.6. The smallest absolute Gasteiger partial charge is 0.416 e. The van der Waals surface area contributed by atoms with Crippen LogP contribution in [-0.4, -0.2) is 31.1 Å². The monoisotopic (exact) mass is 298 g/mol. The van der Waals surface area contributed by atoms with Gasteiger partial charge in [-0.2, -0.15) is 18.4 Å². The van der Waals surface area contributed by atoms with E-state index in [9.17, 15) is 13.2 Å². The lowest BCUT2D eigenvalue weighted by Crippen LogP contribution is -2.33. The summed E-state index contributed by atoms with van der Waals surface area (Å²) in [5.74, 6) is 0.211. The summed E-state index contributed by atoms with van der Waals surface area (Å²) in [6.07, 6.45) is -0.861. The number of hydrogen-bond donors (Lipinski definition) is 0. The van der Waals surface area contributed by atoms with E-state index in [-0.39, 0.29) is 11.3 Å². The average molecular weight is 298 g/mol. The van der Waals surface area contributed by atoms with Crippen LogP contribution in [0.2, 0.25) is 0 Å². The van der Waals surface area contributed by atoms with Crippen LogP contribution in [0, 0.1) is 11.3 Å². The summed E-state index contributed by atoms with van der Waals surface area (Å²) >= 11 is 0. The molecule has 0 bridgehead atoms. The normalized spacial score (nSPS) is 16.5. The molecule has 0 saturated carbocycles. The lowest BCUT2D eigenvalue weighted by atomic mass is 10.1. The molecule has 3 nitrogen and oxygen atoms in total. The fraction of sp³-hybridized carbons (Fsp3) is 0.533. The van der Waals surface area contributed by atoms with E-state index in [1.54, 1.807) is 6.07 Å². The second kappa shape index (κ2) is 6.81. The van der Waals surface area contributed by atoms with Crippen LogP contribution >= 0.6 is 0 Å². The van der Waals surface area contributed by atoms with Gasteiger partial charge >= 0.3 is 6.18 Å². The third-order valence-electron chi connectivity index (χ3n) is 3.54. The van der Waals surface area contributed by atoms with Gasteiger partial charge in [-0.3, -0.25) is 4.90 Å². The Morgan fingerprint density at radius 3 is 2.52 bits per heavy atom. The Morgan fingerprint density at radius 2 is 1.90 bits per heavy atom. The Hall–Kier alpha value is -1.74. The van der Waals surface area contributed by atoms with Gasteiger partial charge < -0.3 is 4.74 Å². The molecular weight excluding hydrogens is 281 g/mol. The molecule has 0 N–H and O–H groups in total. The zero-order chi connectivity index (χ0) is 15.3. The van der Waals surface area contributed by atoms with E-state index >= 15 is 0 Å². The number of halogens is 3. The van der Waals surface area contributed by atoms with Gasteiger partial charge in [-0.25, -0.2) is 0 Å². The highest BCUT2D eigenvalue weighted by molar-refractivity contribution is 5.46. The van der Waals surface area contributed by atoms with Crippen LogP contribution < -0.4 is 4.74 Å². The quantitative estimate of drug-likeness (QED) is 0.854. The van der Waals surface area contributed by atoms with Crippen LogP contribution in [0.25, 0.3) is 0 Å². The van der Waals surface area contributed by atoms with Crippen molar-refractivity contribution in [3.8, 4) is 11.8 Å². The predicted molar refractivity (Wildman–Crippen MR) is 71.9 cm³/mol. The van der Waals surface area contributed by atoms with Crippen molar-refractivity contribution in [2.75, 3.05) is 26.2 Å². The molecule has 2 rings (SSSR count). The second-order valence-electron chi connectivity index (χ2n) is 5.07. The van der Waals surface area contributed by atoms with Crippen LogP contribution in [0.4, 0.5) is 13.2 Å². The first-order valence-corrected chi connectivity index (χ1v) is 6.97. The highest BCUT2D eigenvalue weighted by Crippen LogP contribution is 2.32. The Bertz CT molecular complexity index is 517. The van der Waals surface area contributed by atoms with Crippen LogP contribution in [-0.2, 0) is 6.18 Å². The first-order chi connectivity index (χ1) is 10.0. The minimum Gasteiger partial charge on any atom is -0.491 e. The zero-order valence-electron chi connectivity index (χ0n) is 11.6. The van der Waals surface area contributed by atoms with Gasteiger partial charge in [-0.1, -0.05) is 6.42 Å². The van der Waals surface area contributed by atoms with Crippen molar-refractivity contribution in [3.63, 3.8) is 0 Å². The maximum Gasteiger partial charge on any atom is 0.416 e. The first kappa shape index (κ1) is 15.6. The fourth-order valence-electron chi connectivity index (χ4n) is 2.39. The van der Waals surface area contributed by atoms with Gasteiger partial charge in [0.05, 0.1) is 11.1 Å². The molecule has 1 aliphatic heterocycles. The predicted octanol–water partition coefficient (Wildman–Crippen LogP) is 3.44. The molecule has 1 heterocycles. The fourth-order valence-corrected chi connectivity index (χ4v) is 2.39. The average Bonchev–Trinajstić information content (AvgIpc) is 2.47. The number of nitrogens with zero attached hydrogens (tertiary/aromatic N) is 2. The molecule has 0 radical (unpaired) electrons. The summed E-state index contributed by atoms with van der Waals surface area (Å²) < 4.78 is 43.2. The molecule has 1 fully saturated rings. The maximum atomic E-state index is 12.6. The maximum absolute atomic E-state index is 12.6. The summed E-state index contributed by atoms with van der Waals surface area (Å²) in [6, 6.07) is 4.75. The minimum absolute atomic E-state index is 0.0801. The highest BCUT2D eigenvalue weighted by Gasteiger charge is 2.31. The van der Waals surface area contributed by atoms with Crippen molar-refractivity contribution < 1.29 is 17.9 Å². The van der Waals surface area contributed by atoms with Crippen molar-refractivity contribution in [3.05, 3.63) is 29.3 Å². The Morgan fingerprint density at radius 1 is 1.19 bits per heavy atom. The van der Waals surface area contributed by atoms with Gasteiger partial charge in [0.1, 0.15) is 18.4 Å². The van der Waals surface area contributed by atoms with Crippen molar-refractivity contribution >= 4 is 0 Å². The molecule has 1 aromatic rings. The minimum atomic E-state index is -4.45. The van der Waals surface area contributed by atoms with E-state index in [0.29, 0.717) is 6.61 Å². The highest BCUT2D eigenvalue weighted by atomic mass is 19.4. The first-order valence-electron chi connectivity index (χ1n) is 6.97. The van der Waals surface area contributed by atoms with Crippen LogP contribution in [0.15, 0.2) is 18.2 Å². The third-order valence-corrected chi connectivity index (χ3v) is 3.54. The van der Waals surface area contributed by atoms with E-state index < -0.39 is 11.7 Å². The Labute approximate surface area is 121 Å². The molecule has 1 aromatic carbocycles. The largest absolute Gasteiger partial charge is 0.491 e. The molecule has 0 amide bonds. The van der Waals surface area contributed by atoms with Gasteiger partial charge in [0.2, 0.25) is 0 Å². The lowest BCUT2D eigenvalue weighted by Gasteiger charge is -2.26. The van der Waals surface area contributed by atoms with E-state index in [4.69, 9.17) is 10.00 Å². The van der Waals surface area contributed by atoms with E-state index in [0.717, 1.165) is 31.8 Å². The molecular formula is C15H17F3N2O. The van der Waals surface area contributed by atoms with E-state index in [1.165, 1.54) is 25.3 Å². The van der Waals surface area contributed by atoms with Crippen LogP contribution in [0.3, 0.4) is 0 Å². The molecule has 0 atom stereocenters. The standard InChI is InChI=1S/C15H17F3N2O/c16-15(17,18)13-4-5-14(12(10-13)11-19)21-9-8-20-6-2-1-3-7-20/h4-5,10H,1-3,6-9H2. The molecule has 0 spiro atoms.